The lowest BCUT2D eigenvalue weighted by atomic mass is 10.2. The first kappa shape index (κ1) is 21.4. The minimum atomic E-state index is -0.438. The van der Waals surface area contributed by atoms with Gasteiger partial charge in [-0.25, -0.2) is 14.3 Å². The molecule has 0 amide bonds. The van der Waals surface area contributed by atoms with Crippen LogP contribution in [0.4, 0.5) is 0 Å². The maximum atomic E-state index is 13.5. The Bertz CT molecular complexity index is 1380. The molecule has 4 rings (SSSR count). The van der Waals surface area contributed by atoms with Crippen LogP contribution in [0, 0.1) is 5.92 Å². The van der Waals surface area contributed by atoms with E-state index in [1.54, 1.807) is 37.2 Å². The van der Waals surface area contributed by atoms with Gasteiger partial charge in [-0.3, -0.25) is 9.36 Å². The molecule has 0 bridgehead atoms. The predicted octanol–water partition coefficient (Wildman–Crippen LogP) is 3.07. The van der Waals surface area contributed by atoms with Crippen molar-refractivity contribution in [1.29, 1.82) is 0 Å². The highest BCUT2D eigenvalue weighted by atomic mass is 16.5. The monoisotopic (exact) mass is 434 g/mol. The van der Waals surface area contributed by atoms with Crippen molar-refractivity contribution in [3.8, 4) is 17.2 Å². The minimum Gasteiger partial charge on any atom is -0.497 e. The largest absolute Gasteiger partial charge is 0.497 e. The number of rotatable bonds is 7. The fourth-order valence-electron chi connectivity index (χ4n) is 3.83. The summed E-state index contributed by atoms with van der Waals surface area (Å²) in [6.45, 7) is 4.65. The first-order chi connectivity index (χ1) is 15.4. The third kappa shape index (κ3) is 3.79. The van der Waals surface area contributed by atoms with Gasteiger partial charge >= 0.3 is 5.69 Å². The van der Waals surface area contributed by atoms with Gasteiger partial charge in [0.2, 0.25) is 0 Å². The maximum Gasteiger partial charge on any atom is 0.337 e. The fraction of sp³-hybridized carbons (Fsp3) is 0.292. The summed E-state index contributed by atoms with van der Waals surface area (Å²) in [6.07, 6.45) is 1.59. The Morgan fingerprint density at radius 3 is 2.50 bits per heavy atom. The highest BCUT2D eigenvalue weighted by Crippen LogP contribution is 2.24. The zero-order valence-electron chi connectivity index (χ0n) is 18.6. The highest BCUT2D eigenvalue weighted by molar-refractivity contribution is 5.73. The molecule has 2 aromatic carbocycles. The topological polar surface area (TPSA) is 80.3 Å². The number of para-hydroxylation sites is 2. The summed E-state index contributed by atoms with van der Waals surface area (Å²) in [4.78, 5) is 31.4. The van der Waals surface area contributed by atoms with Gasteiger partial charge < -0.3 is 14.0 Å². The Balaban J connectivity index is 2.00. The van der Waals surface area contributed by atoms with Gasteiger partial charge in [0.25, 0.3) is 5.56 Å². The summed E-state index contributed by atoms with van der Waals surface area (Å²) in [7, 11) is 3.16. The van der Waals surface area contributed by atoms with Crippen molar-refractivity contribution < 1.29 is 9.47 Å². The van der Waals surface area contributed by atoms with Gasteiger partial charge in [0, 0.05) is 13.1 Å². The van der Waals surface area contributed by atoms with E-state index in [9.17, 15) is 9.59 Å². The second kappa shape index (κ2) is 8.74. The van der Waals surface area contributed by atoms with Gasteiger partial charge in [0.1, 0.15) is 11.5 Å². The molecule has 166 valence electrons. The Morgan fingerprint density at radius 1 is 1.00 bits per heavy atom. The van der Waals surface area contributed by atoms with Crippen LogP contribution in [0.15, 0.2) is 64.4 Å². The average Bonchev–Trinajstić information content (AvgIpc) is 3.20. The first-order valence-electron chi connectivity index (χ1n) is 10.4. The van der Waals surface area contributed by atoms with Gasteiger partial charge in [-0.2, -0.15) is 0 Å². The lowest BCUT2D eigenvalue weighted by Gasteiger charge is -2.16. The van der Waals surface area contributed by atoms with Crippen LogP contribution < -0.4 is 20.7 Å². The van der Waals surface area contributed by atoms with E-state index in [2.05, 4.69) is 4.98 Å². The maximum absolute atomic E-state index is 13.5. The van der Waals surface area contributed by atoms with Gasteiger partial charge in [0.15, 0.2) is 11.2 Å². The molecule has 0 unspecified atom stereocenters. The second-order valence-corrected chi connectivity index (χ2v) is 8.00. The summed E-state index contributed by atoms with van der Waals surface area (Å²) < 4.78 is 15.3. The predicted molar refractivity (Wildman–Crippen MR) is 123 cm³/mol. The van der Waals surface area contributed by atoms with Gasteiger partial charge in [0.05, 0.1) is 26.2 Å². The van der Waals surface area contributed by atoms with Crippen LogP contribution in [0.3, 0.4) is 0 Å². The van der Waals surface area contributed by atoms with Crippen molar-refractivity contribution in [3.63, 3.8) is 0 Å². The van der Waals surface area contributed by atoms with Crippen molar-refractivity contribution in [3.05, 3.63) is 81.3 Å². The number of nitrogens with zero attached hydrogens (tertiary/aromatic N) is 4. The Hall–Kier alpha value is -3.81. The SMILES string of the molecule is COc1cccc(Cn2cnc3c2c(=O)n(CC(C)C)c(=O)n3-c2ccccc2OC)c1. The van der Waals surface area contributed by atoms with Crippen molar-refractivity contribution in [2.45, 2.75) is 26.9 Å². The molecule has 0 radical (unpaired) electrons. The Labute approximate surface area is 185 Å². The van der Waals surface area contributed by atoms with Crippen molar-refractivity contribution in [1.82, 2.24) is 18.7 Å². The summed E-state index contributed by atoms with van der Waals surface area (Å²) in [5.41, 5.74) is 1.35. The molecule has 4 aromatic rings. The van der Waals surface area contributed by atoms with Gasteiger partial charge in [-0.1, -0.05) is 38.1 Å². The average molecular weight is 434 g/mol. The molecule has 0 saturated carbocycles. The molecule has 0 aliphatic rings. The van der Waals surface area contributed by atoms with Crippen LogP contribution >= 0.6 is 0 Å². The van der Waals surface area contributed by atoms with Crippen LogP contribution in [-0.4, -0.2) is 32.9 Å². The molecule has 2 heterocycles. The van der Waals surface area contributed by atoms with Crippen molar-refractivity contribution >= 4 is 11.2 Å². The molecule has 0 fully saturated rings. The van der Waals surface area contributed by atoms with Crippen molar-refractivity contribution in [2.24, 2.45) is 5.92 Å². The number of ether oxygens (including phenoxy) is 2. The molecule has 0 aliphatic carbocycles. The summed E-state index contributed by atoms with van der Waals surface area (Å²) >= 11 is 0. The number of benzene rings is 2. The zero-order valence-corrected chi connectivity index (χ0v) is 18.6. The molecular weight excluding hydrogens is 408 g/mol. The molecule has 8 heteroatoms. The lowest BCUT2D eigenvalue weighted by Crippen LogP contribution is -2.41. The number of hydrogen-bond donors (Lipinski definition) is 0. The smallest absolute Gasteiger partial charge is 0.337 e. The van der Waals surface area contributed by atoms with Crippen LogP contribution in [0.1, 0.15) is 19.4 Å². The number of fused-ring (bicyclic) bond motifs is 1. The third-order valence-electron chi connectivity index (χ3n) is 5.26. The molecule has 8 nitrogen and oxygen atoms in total. The number of imidazole rings is 1. The summed E-state index contributed by atoms with van der Waals surface area (Å²) in [6, 6.07) is 14.8. The molecular formula is C24H26N4O4. The van der Waals surface area contributed by atoms with Gasteiger partial charge in [-0.15, -0.1) is 0 Å². The molecule has 0 atom stereocenters. The number of aromatic nitrogens is 4. The molecule has 2 aromatic heterocycles. The van der Waals surface area contributed by atoms with E-state index in [0.717, 1.165) is 11.3 Å². The molecule has 0 saturated heterocycles. The van der Waals surface area contributed by atoms with Crippen LogP contribution in [-0.2, 0) is 13.1 Å². The normalized spacial score (nSPS) is 11.3. The molecule has 0 aliphatic heterocycles. The minimum absolute atomic E-state index is 0.110. The van der Waals surface area contributed by atoms with E-state index in [1.807, 2.05) is 50.2 Å². The third-order valence-corrected chi connectivity index (χ3v) is 5.26. The molecule has 0 N–H and O–H groups in total. The molecule has 32 heavy (non-hydrogen) atoms. The van der Waals surface area contributed by atoms with Crippen LogP contribution in [0.2, 0.25) is 0 Å². The van der Waals surface area contributed by atoms with E-state index < -0.39 is 5.69 Å². The van der Waals surface area contributed by atoms with Crippen LogP contribution in [0.5, 0.6) is 11.5 Å². The van der Waals surface area contributed by atoms with Crippen molar-refractivity contribution in [2.75, 3.05) is 14.2 Å². The Morgan fingerprint density at radius 2 is 1.78 bits per heavy atom. The van der Waals surface area contributed by atoms with E-state index in [1.165, 1.54) is 9.13 Å². The fourth-order valence-corrected chi connectivity index (χ4v) is 3.83. The molecule has 0 spiro atoms. The van der Waals surface area contributed by atoms with E-state index in [4.69, 9.17) is 9.47 Å². The zero-order chi connectivity index (χ0) is 22.8. The van der Waals surface area contributed by atoms with E-state index in [-0.39, 0.29) is 11.5 Å². The summed E-state index contributed by atoms with van der Waals surface area (Å²) in [5, 5.41) is 0. The van der Waals surface area contributed by atoms with Crippen LogP contribution in [0.25, 0.3) is 16.9 Å². The van der Waals surface area contributed by atoms with E-state index >= 15 is 0 Å². The highest BCUT2D eigenvalue weighted by Gasteiger charge is 2.21. The summed E-state index contributed by atoms with van der Waals surface area (Å²) in [5.74, 6) is 1.36. The lowest BCUT2D eigenvalue weighted by molar-refractivity contribution is 0.411. The Kier molecular flexibility index (Phi) is 5.85. The number of methoxy groups -OCH3 is 2. The quantitative estimate of drug-likeness (QED) is 0.447. The van der Waals surface area contributed by atoms with Gasteiger partial charge in [-0.05, 0) is 35.7 Å². The van der Waals surface area contributed by atoms with E-state index in [0.29, 0.717) is 35.7 Å². The standard InChI is InChI=1S/C24H26N4O4/c1-16(2)13-27-23(29)21-22(28(24(27)30)19-10-5-6-11-20(19)32-4)25-15-26(21)14-17-8-7-9-18(12-17)31-3/h5-12,15-16H,13-14H2,1-4H3. The number of hydrogen-bond acceptors (Lipinski definition) is 5. The first-order valence-corrected chi connectivity index (χ1v) is 10.4. The second-order valence-electron chi connectivity index (χ2n) is 8.00.